The minimum atomic E-state index is -1.15. The van der Waals surface area contributed by atoms with Crippen LogP contribution in [0, 0.1) is 6.57 Å². The first-order chi connectivity index (χ1) is 4.54. The smallest absolute Gasteiger partial charge is 0.327 e. The van der Waals surface area contributed by atoms with Gasteiger partial charge < -0.3 is 5.11 Å². The Hall–Kier alpha value is -1.08. The standard InChI is InChI=1S/C6H10N2O2/c1-5(10)8-6(2,4-9)7-3/h9H,4H2,1-2H3,(H,8,10). The van der Waals surface area contributed by atoms with E-state index in [1.54, 1.807) is 0 Å². The Kier molecular flexibility index (Phi) is 2.84. The van der Waals surface area contributed by atoms with Crippen molar-refractivity contribution in [3.8, 4) is 0 Å². The SMILES string of the molecule is [C-]#[N+]C(C)(CO)NC(C)=O. The number of aliphatic hydroxyl groups is 1. The topological polar surface area (TPSA) is 53.7 Å². The van der Waals surface area contributed by atoms with E-state index in [0.29, 0.717) is 0 Å². The predicted molar refractivity (Wildman–Crippen MR) is 35.9 cm³/mol. The third-order valence-corrected chi connectivity index (χ3v) is 1.000. The van der Waals surface area contributed by atoms with Crippen LogP contribution in [0.5, 0.6) is 0 Å². The molecule has 0 aliphatic rings. The first-order valence-electron chi connectivity index (χ1n) is 2.82. The predicted octanol–water partition coefficient (Wildman–Crippen LogP) is -0.250. The number of aliphatic hydroxyl groups excluding tert-OH is 1. The van der Waals surface area contributed by atoms with Crippen LogP contribution in [0.15, 0.2) is 0 Å². The Morgan fingerprint density at radius 3 is 2.50 bits per heavy atom. The van der Waals surface area contributed by atoms with Gasteiger partial charge in [-0.2, -0.15) is 0 Å². The molecular weight excluding hydrogens is 132 g/mol. The van der Waals surface area contributed by atoms with Crippen LogP contribution in [-0.4, -0.2) is 23.3 Å². The maximum atomic E-state index is 10.4. The van der Waals surface area contributed by atoms with Crippen LogP contribution in [0.1, 0.15) is 13.8 Å². The lowest BCUT2D eigenvalue weighted by atomic mass is 10.2. The van der Waals surface area contributed by atoms with Gasteiger partial charge in [-0.3, -0.25) is 15.0 Å². The monoisotopic (exact) mass is 142 g/mol. The van der Waals surface area contributed by atoms with Crippen molar-refractivity contribution >= 4 is 5.91 Å². The Bertz CT molecular complexity index is 173. The van der Waals surface area contributed by atoms with Gasteiger partial charge in [0.2, 0.25) is 5.91 Å². The Morgan fingerprint density at radius 2 is 2.40 bits per heavy atom. The van der Waals surface area contributed by atoms with Crippen molar-refractivity contribution in [2.45, 2.75) is 19.5 Å². The zero-order chi connectivity index (χ0) is 8.20. The van der Waals surface area contributed by atoms with Crippen molar-refractivity contribution in [3.63, 3.8) is 0 Å². The summed E-state index contributed by atoms with van der Waals surface area (Å²) in [6.45, 7) is 9.00. The third-order valence-electron chi connectivity index (χ3n) is 1.000. The van der Waals surface area contributed by atoms with Crippen LogP contribution in [0.2, 0.25) is 0 Å². The summed E-state index contributed by atoms with van der Waals surface area (Å²) in [6, 6.07) is 0. The lowest BCUT2D eigenvalue weighted by Gasteiger charge is -2.13. The third kappa shape index (κ3) is 2.46. The van der Waals surface area contributed by atoms with Crippen LogP contribution < -0.4 is 5.32 Å². The van der Waals surface area contributed by atoms with Crippen molar-refractivity contribution < 1.29 is 9.90 Å². The molecule has 0 aromatic carbocycles. The molecule has 0 radical (unpaired) electrons. The summed E-state index contributed by atoms with van der Waals surface area (Å²) in [6.07, 6.45) is 0. The minimum absolute atomic E-state index is 0.312. The number of carbonyl (C=O) groups excluding carboxylic acids is 1. The molecule has 0 aromatic heterocycles. The highest BCUT2D eigenvalue weighted by atomic mass is 16.3. The van der Waals surface area contributed by atoms with E-state index < -0.39 is 5.66 Å². The molecule has 56 valence electrons. The molecule has 0 heterocycles. The molecule has 0 aliphatic heterocycles. The molecule has 0 saturated carbocycles. The molecule has 0 spiro atoms. The normalized spacial score (nSPS) is 15.0. The highest BCUT2D eigenvalue weighted by Gasteiger charge is 2.29. The Morgan fingerprint density at radius 1 is 1.90 bits per heavy atom. The van der Waals surface area contributed by atoms with Crippen molar-refractivity contribution in [2.75, 3.05) is 6.61 Å². The summed E-state index contributed by atoms with van der Waals surface area (Å²) in [4.78, 5) is 13.5. The van der Waals surface area contributed by atoms with Crippen molar-refractivity contribution in [2.24, 2.45) is 0 Å². The summed E-state index contributed by atoms with van der Waals surface area (Å²) < 4.78 is 0. The summed E-state index contributed by atoms with van der Waals surface area (Å²) in [5.74, 6) is -0.312. The summed E-state index contributed by atoms with van der Waals surface area (Å²) >= 11 is 0. The molecule has 0 aliphatic carbocycles. The minimum Gasteiger partial charge on any atom is -0.386 e. The quantitative estimate of drug-likeness (QED) is 0.522. The molecule has 4 heteroatoms. The van der Waals surface area contributed by atoms with Crippen molar-refractivity contribution in [1.29, 1.82) is 0 Å². The lowest BCUT2D eigenvalue weighted by molar-refractivity contribution is -0.120. The first kappa shape index (κ1) is 8.92. The van der Waals surface area contributed by atoms with Gasteiger partial charge in [0.05, 0.1) is 0 Å². The van der Waals surface area contributed by atoms with Crippen molar-refractivity contribution in [1.82, 2.24) is 5.32 Å². The van der Waals surface area contributed by atoms with Gasteiger partial charge in [0.25, 0.3) is 0 Å². The summed E-state index contributed by atoms with van der Waals surface area (Å²) in [5.41, 5.74) is -1.15. The van der Waals surface area contributed by atoms with Crippen molar-refractivity contribution in [3.05, 3.63) is 11.4 Å². The molecule has 1 amide bonds. The van der Waals surface area contributed by atoms with Gasteiger partial charge in [-0.05, 0) is 0 Å². The van der Waals surface area contributed by atoms with Crippen LogP contribution in [-0.2, 0) is 4.79 Å². The fraction of sp³-hybridized carbons (Fsp3) is 0.667. The van der Waals surface area contributed by atoms with Gasteiger partial charge in [-0.1, -0.05) is 0 Å². The highest BCUT2D eigenvalue weighted by molar-refractivity contribution is 5.74. The molecule has 0 aromatic rings. The average Bonchev–Trinajstić information content (AvgIpc) is 1.87. The fourth-order valence-electron chi connectivity index (χ4n) is 0.482. The molecular formula is C6H10N2O2. The zero-order valence-corrected chi connectivity index (χ0v) is 6.01. The number of hydrogen-bond acceptors (Lipinski definition) is 2. The molecule has 10 heavy (non-hydrogen) atoms. The van der Waals surface area contributed by atoms with Crippen LogP contribution >= 0.6 is 0 Å². The van der Waals surface area contributed by atoms with E-state index in [0.717, 1.165) is 0 Å². The molecule has 0 fully saturated rings. The molecule has 2 N–H and O–H groups in total. The first-order valence-corrected chi connectivity index (χ1v) is 2.82. The maximum Gasteiger partial charge on any atom is 0.327 e. The molecule has 1 atom stereocenters. The number of nitrogens with one attached hydrogen (secondary N) is 1. The Labute approximate surface area is 59.7 Å². The van der Waals surface area contributed by atoms with Gasteiger partial charge in [-0.15, -0.1) is 0 Å². The molecule has 0 rings (SSSR count). The second-order valence-corrected chi connectivity index (χ2v) is 2.22. The number of hydrogen-bond donors (Lipinski definition) is 2. The number of nitrogens with zero attached hydrogens (tertiary/aromatic N) is 1. The van der Waals surface area contributed by atoms with E-state index in [4.69, 9.17) is 11.7 Å². The van der Waals surface area contributed by atoms with E-state index in [-0.39, 0.29) is 12.5 Å². The van der Waals surface area contributed by atoms with E-state index in [2.05, 4.69) is 10.2 Å². The average molecular weight is 142 g/mol. The second kappa shape index (κ2) is 3.18. The van der Waals surface area contributed by atoms with Gasteiger partial charge >= 0.3 is 5.66 Å². The maximum absolute atomic E-state index is 10.4. The van der Waals surface area contributed by atoms with Crippen LogP contribution in [0.4, 0.5) is 0 Å². The summed E-state index contributed by atoms with van der Waals surface area (Å²) in [7, 11) is 0. The van der Waals surface area contributed by atoms with E-state index in [9.17, 15) is 4.79 Å². The zero-order valence-electron chi connectivity index (χ0n) is 6.01. The summed E-state index contributed by atoms with van der Waals surface area (Å²) in [5, 5.41) is 10.9. The van der Waals surface area contributed by atoms with Crippen LogP contribution in [0.25, 0.3) is 4.85 Å². The van der Waals surface area contributed by atoms with Gasteiger partial charge in [0.1, 0.15) is 6.61 Å². The van der Waals surface area contributed by atoms with Crippen LogP contribution in [0.3, 0.4) is 0 Å². The number of carbonyl (C=O) groups is 1. The number of amides is 1. The van der Waals surface area contributed by atoms with Gasteiger partial charge in [0.15, 0.2) is 0 Å². The molecule has 1 unspecified atom stereocenters. The highest BCUT2D eigenvalue weighted by Crippen LogP contribution is 2.02. The van der Waals surface area contributed by atoms with Gasteiger partial charge in [0, 0.05) is 13.8 Å². The van der Waals surface area contributed by atoms with E-state index in [1.807, 2.05) is 0 Å². The Balaban J connectivity index is 4.10. The van der Waals surface area contributed by atoms with E-state index >= 15 is 0 Å². The largest absolute Gasteiger partial charge is 0.386 e. The van der Waals surface area contributed by atoms with Gasteiger partial charge in [-0.25, -0.2) is 6.57 Å². The second-order valence-electron chi connectivity index (χ2n) is 2.22. The molecule has 0 saturated heterocycles. The fourth-order valence-corrected chi connectivity index (χ4v) is 0.482. The molecule has 0 bridgehead atoms. The molecule has 4 nitrogen and oxygen atoms in total. The number of rotatable bonds is 2. The lowest BCUT2D eigenvalue weighted by Crippen LogP contribution is -2.45. The van der Waals surface area contributed by atoms with E-state index in [1.165, 1.54) is 13.8 Å².